The fourth-order valence-corrected chi connectivity index (χ4v) is 3.06. The number of para-hydroxylation sites is 1. The van der Waals surface area contributed by atoms with Crippen molar-refractivity contribution >= 4 is 33.6 Å². The van der Waals surface area contributed by atoms with Crippen LogP contribution in [-0.2, 0) is 0 Å². The number of hydrogen-bond acceptors (Lipinski definition) is 3. The summed E-state index contributed by atoms with van der Waals surface area (Å²) in [6, 6.07) is 18.7. The molecule has 0 amide bonds. The van der Waals surface area contributed by atoms with Crippen LogP contribution >= 0.6 is 11.8 Å². The third-order valence-corrected chi connectivity index (χ3v) is 4.26. The molecule has 3 rings (SSSR count). The summed E-state index contributed by atoms with van der Waals surface area (Å²) >= 11 is 1.71. The summed E-state index contributed by atoms with van der Waals surface area (Å²) in [6.07, 6.45) is 2.22. The van der Waals surface area contributed by atoms with Crippen LogP contribution in [0.25, 0.3) is 11.0 Å². The van der Waals surface area contributed by atoms with Gasteiger partial charge in [-0.15, -0.1) is 0 Å². The summed E-state index contributed by atoms with van der Waals surface area (Å²) in [5.41, 5.74) is 3.45. The third kappa shape index (κ3) is 2.63. The van der Waals surface area contributed by atoms with Crippen molar-refractivity contribution in [1.82, 2.24) is 4.90 Å². The van der Waals surface area contributed by atoms with Crippen molar-refractivity contribution in [3.05, 3.63) is 65.7 Å². The molecule has 0 saturated carbocycles. The Kier molecular flexibility index (Phi) is 3.61. The molecule has 0 bridgehead atoms. The van der Waals surface area contributed by atoms with E-state index >= 15 is 0 Å². The van der Waals surface area contributed by atoms with Crippen molar-refractivity contribution in [3.8, 4) is 0 Å². The second-order valence-corrected chi connectivity index (χ2v) is 5.84. The number of amidine groups is 1. The van der Waals surface area contributed by atoms with E-state index in [2.05, 4.69) is 53.4 Å². The van der Waals surface area contributed by atoms with Crippen molar-refractivity contribution < 1.29 is 0 Å². The average Bonchev–Trinajstić information content (AvgIpc) is 2.48. The lowest BCUT2D eigenvalue weighted by Gasteiger charge is -2.22. The van der Waals surface area contributed by atoms with E-state index < -0.39 is 0 Å². The maximum Gasteiger partial charge on any atom is 0.168 e. The standard InChI is InChI=1S/C17H16N2S/c1-19(2)17-18-15-11-7-6-10-14(15)16(20-17)12-13-8-4-3-5-9-13/h3-12H,1-2H3. The minimum absolute atomic E-state index is 1.02. The van der Waals surface area contributed by atoms with E-state index in [1.165, 1.54) is 16.0 Å². The van der Waals surface area contributed by atoms with Crippen molar-refractivity contribution in [1.29, 1.82) is 0 Å². The largest absolute Gasteiger partial charge is 0.357 e. The Morgan fingerprint density at radius 1 is 0.950 bits per heavy atom. The van der Waals surface area contributed by atoms with E-state index in [1.54, 1.807) is 11.8 Å². The Morgan fingerprint density at radius 3 is 2.40 bits per heavy atom. The molecule has 2 aromatic carbocycles. The first-order valence-corrected chi connectivity index (χ1v) is 7.36. The van der Waals surface area contributed by atoms with Crippen LogP contribution in [0.5, 0.6) is 0 Å². The topological polar surface area (TPSA) is 15.6 Å². The van der Waals surface area contributed by atoms with Gasteiger partial charge in [0.15, 0.2) is 5.17 Å². The number of aliphatic imine (C=N–C) groups is 1. The molecule has 0 saturated heterocycles. The molecule has 1 aliphatic rings. The number of hydrogen-bond donors (Lipinski definition) is 0. The highest BCUT2D eigenvalue weighted by Gasteiger charge is 2.18. The van der Waals surface area contributed by atoms with Gasteiger partial charge in [-0.25, -0.2) is 4.99 Å². The molecule has 1 aliphatic heterocycles. The minimum Gasteiger partial charge on any atom is -0.357 e. The van der Waals surface area contributed by atoms with Crippen LogP contribution in [0.2, 0.25) is 0 Å². The molecule has 20 heavy (non-hydrogen) atoms. The van der Waals surface area contributed by atoms with Gasteiger partial charge in [-0.1, -0.05) is 60.3 Å². The maximum absolute atomic E-state index is 4.70. The Labute approximate surface area is 123 Å². The van der Waals surface area contributed by atoms with E-state index in [-0.39, 0.29) is 0 Å². The molecule has 0 aromatic heterocycles. The first kappa shape index (κ1) is 13.0. The molecule has 0 spiro atoms. The molecule has 2 nitrogen and oxygen atoms in total. The lowest BCUT2D eigenvalue weighted by atomic mass is 10.1. The van der Waals surface area contributed by atoms with Crippen LogP contribution in [-0.4, -0.2) is 24.2 Å². The lowest BCUT2D eigenvalue weighted by Crippen LogP contribution is -2.19. The van der Waals surface area contributed by atoms with Gasteiger partial charge in [0, 0.05) is 24.6 Å². The number of rotatable bonds is 1. The lowest BCUT2D eigenvalue weighted by molar-refractivity contribution is 0.636. The highest BCUT2D eigenvalue weighted by molar-refractivity contribution is 8.21. The molecule has 2 aromatic rings. The third-order valence-electron chi connectivity index (χ3n) is 3.07. The number of fused-ring (bicyclic) bond motifs is 1. The quantitative estimate of drug-likeness (QED) is 0.765. The number of nitrogens with zero attached hydrogens (tertiary/aromatic N) is 2. The number of thioether (sulfide) groups is 1. The molecule has 0 atom stereocenters. The molecule has 1 heterocycles. The van der Waals surface area contributed by atoms with E-state index in [0.29, 0.717) is 0 Å². The van der Waals surface area contributed by atoms with Gasteiger partial charge in [-0.3, -0.25) is 0 Å². The summed E-state index contributed by atoms with van der Waals surface area (Å²) in [7, 11) is 4.06. The molecule has 3 heteroatoms. The Bertz CT molecular complexity index is 672. The van der Waals surface area contributed by atoms with Gasteiger partial charge in [-0.05, 0) is 17.7 Å². The molecular formula is C17H16N2S. The summed E-state index contributed by atoms with van der Waals surface area (Å²) in [5, 5.41) is 1.02. The molecule has 0 radical (unpaired) electrons. The van der Waals surface area contributed by atoms with Crippen molar-refractivity contribution in [2.45, 2.75) is 0 Å². The van der Waals surface area contributed by atoms with Crippen LogP contribution in [0.15, 0.2) is 59.6 Å². The van der Waals surface area contributed by atoms with E-state index in [4.69, 9.17) is 4.99 Å². The highest BCUT2D eigenvalue weighted by Crippen LogP contribution is 2.41. The predicted octanol–water partition coefficient (Wildman–Crippen LogP) is 4.48. The molecule has 100 valence electrons. The van der Waals surface area contributed by atoms with Crippen LogP contribution < -0.4 is 0 Å². The second-order valence-electron chi connectivity index (χ2n) is 4.83. The van der Waals surface area contributed by atoms with Crippen LogP contribution in [0.4, 0.5) is 5.69 Å². The normalized spacial score (nSPS) is 15.7. The maximum atomic E-state index is 4.70. The van der Waals surface area contributed by atoms with E-state index in [0.717, 1.165) is 10.9 Å². The van der Waals surface area contributed by atoms with Gasteiger partial charge in [0.25, 0.3) is 0 Å². The Morgan fingerprint density at radius 2 is 1.65 bits per heavy atom. The SMILES string of the molecule is CN(C)C1=Nc2ccccc2C(=Cc2ccccc2)S1. The van der Waals surface area contributed by atoms with Crippen LogP contribution in [0.3, 0.4) is 0 Å². The first-order valence-electron chi connectivity index (χ1n) is 6.54. The molecule has 0 N–H and O–H groups in total. The summed E-state index contributed by atoms with van der Waals surface area (Å²) < 4.78 is 0. The molecular weight excluding hydrogens is 264 g/mol. The highest BCUT2D eigenvalue weighted by atomic mass is 32.2. The zero-order valence-corrected chi connectivity index (χ0v) is 12.4. The van der Waals surface area contributed by atoms with Gasteiger partial charge < -0.3 is 4.90 Å². The minimum atomic E-state index is 1.02. The summed E-state index contributed by atoms with van der Waals surface area (Å²) in [5.74, 6) is 0. The second kappa shape index (κ2) is 5.55. The molecule has 0 aliphatic carbocycles. The van der Waals surface area contributed by atoms with Gasteiger partial charge in [0.05, 0.1) is 5.69 Å². The summed E-state index contributed by atoms with van der Waals surface area (Å²) in [6.45, 7) is 0. The predicted molar refractivity (Wildman–Crippen MR) is 89.1 cm³/mol. The van der Waals surface area contributed by atoms with Crippen molar-refractivity contribution in [2.24, 2.45) is 4.99 Å². The van der Waals surface area contributed by atoms with Gasteiger partial charge in [0.1, 0.15) is 0 Å². The van der Waals surface area contributed by atoms with Crippen LogP contribution in [0.1, 0.15) is 11.1 Å². The molecule has 0 fully saturated rings. The van der Waals surface area contributed by atoms with Gasteiger partial charge in [-0.2, -0.15) is 0 Å². The van der Waals surface area contributed by atoms with Gasteiger partial charge in [0.2, 0.25) is 0 Å². The van der Waals surface area contributed by atoms with E-state index in [1.807, 2.05) is 26.2 Å². The fraction of sp³-hybridized carbons (Fsp3) is 0.118. The van der Waals surface area contributed by atoms with Gasteiger partial charge >= 0.3 is 0 Å². The van der Waals surface area contributed by atoms with Crippen LogP contribution in [0, 0.1) is 0 Å². The van der Waals surface area contributed by atoms with Crippen molar-refractivity contribution in [3.63, 3.8) is 0 Å². The molecule has 0 unspecified atom stereocenters. The zero-order valence-electron chi connectivity index (χ0n) is 11.6. The summed E-state index contributed by atoms with van der Waals surface area (Å²) in [4.78, 5) is 8.00. The Hall–Kier alpha value is -2.00. The average molecular weight is 280 g/mol. The monoisotopic (exact) mass is 280 g/mol. The number of benzene rings is 2. The van der Waals surface area contributed by atoms with Crippen molar-refractivity contribution in [2.75, 3.05) is 14.1 Å². The first-order chi connectivity index (χ1) is 9.74. The van der Waals surface area contributed by atoms with E-state index in [9.17, 15) is 0 Å². The smallest absolute Gasteiger partial charge is 0.168 e. The fourth-order valence-electron chi connectivity index (χ4n) is 2.06. The Balaban J connectivity index is 2.08. The zero-order chi connectivity index (χ0) is 13.9.